The Kier molecular flexibility index (Phi) is 4.82. The van der Waals surface area contributed by atoms with E-state index >= 15 is 0 Å². The Bertz CT molecular complexity index is 474. The zero-order valence-electron chi connectivity index (χ0n) is 10.5. The Morgan fingerprint density at radius 3 is 2.95 bits per heavy atom. The molecular weight excluding hydrogens is 286 g/mol. The summed E-state index contributed by atoms with van der Waals surface area (Å²) in [7, 11) is 0. The van der Waals surface area contributed by atoms with Gasteiger partial charge < -0.3 is 10.0 Å². The molecule has 19 heavy (non-hydrogen) atoms. The van der Waals surface area contributed by atoms with Crippen LogP contribution in [0, 0.1) is 5.92 Å². The van der Waals surface area contributed by atoms with Crippen molar-refractivity contribution in [3.05, 3.63) is 21.3 Å². The lowest BCUT2D eigenvalue weighted by Gasteiger charge is -2.30. The largest absolute Gasteiger partial charge is 0.481 e. The molecule has 1 atom stereocenters. The number of likely N-dealkylation sites (tertiary alicyclic amines) is 1. The smallest absolute Gasteiger partial charge is 0.308 e. The van der Waals surface area contributed by atoms with Crippen LogP contribution in [0.1, 0.15) is 24.1 Å². The summed E-state index contributed by atoms with van der Waals surface area (Å²) in [6, 6.07) is 1.87. The molecule has 1 fully saturated rings. The van der Waals surface area contributed by atoms with Gasteiger partial charge in [0.15, 0.2) is 0 Å². The first-order valence-corrected chi connectivity index (χ1v) is 7.55. The zero-order chi connectivity index (χ0) is 13.8. The summed E-state index contributed by atoms with van der Waals surface area (Å²) >= 11 is 7.37. The van der Waals surface area contributed by atoms with Crippen molar-refractivity contribution in [3.63, 3.8) is 0 Å². The molecule has 1 amide bonds. The third kappa shape index (κ3) is 3.94. The van der Waals surface area contributed by atoms with Crippen molar-refractivity contribution in [3.8, 4) is 0 Å². The van der Waals surface area contributed by atoms with Crippen LogP contribution in [0.15, 0.2) is 11.4 Å². The Morgan fingerprint density at radius 2 is 2.32 bits per heavy atom. The van der Waals surface area contributed by atoms with Crippen molar-refractivity contribution < 1.29 is 14.7 Å². The van der Waals surface area contributed by atoms with E-state index in [1.54, 1.807) is 16.2 Å². The van der Waals surface area contributed by atoms with Gasteiger partial charge in [-0.15, -0.1) is 11.3 Å². The molecule has 1 aromatic heterocycles. The summed E-state index contributed by atoms with van der Waals surface area (Å²) in [4.78, 5) is 25.8. The predicted molar refractivity (Wildman–Crippen MR) is 74.6 cm³/mol. The number of nitrogens with zero attached hydrogens (tertiary/aromatic N) is 1. The number of aliphatic carboxylic acids is 1. The second-order valence-corrected chi connectivity index (χ2v) is 6.18. The fourth-order valence-electron chi connectivity index (χ4n) is 2.28. The minimum atomic E-state index is -0.803. The minimum absolute atomic E-state index is 0.0375. The van der Waals surface area contributed by atoms with Crippen molar-refractivity contribution in [1.29, 1.82) is 0 Å². The molecule has 2 heterocycles. The number of hydrogen-bond donors (Lipinski definition) is 1. The van der Waals surface area contributed by atoms with Crippen LogP contribution in [0.5, 0.6) is 0 Å². The molecule has 0 aromatic carbocycles. The first-order chi connectivity index (χ1) is 9.06. The number of thiophene rings is 1. The first kappa shape index (κ1) is 14.3. The van der Waals surface area contributed by atoms with Crippen molar-refractivity contribution in [2.45, 2.75) is 25.7 Å². The van der Waals surface area contributed by atoms with Crippen LogP contribution in [0.2, 0.25) is 5.02 Å². The standard InChI is InChI=1S/C13H16ClNO3S/c14-10-6-11(19-8-10)3-4-12(16)15-5-1-2-9(7-15)13(17)18/h6,8-9H,1-5,7H2,(H,17,18)/t9-/m0/s1. The van der Waals surface area contributed by atoms with Crippen molar-refractivity contribution in [2.75, 3.05) is 13.1 Å². The lowest BCUT2D eigenvalue weighted by molar-refractivity contribution is -0.145. The molecule has 1 aliphatic rings. The second-order valence-electron chi connectivity index (χ2n) is 4.75. The average molecular weight is 302 g/mol. The number of aryl methyl sites for hydroxylation is 1. The molecule has 104 valence electrons. The van der Waals surface area contributed by atoms with E-state index in [4.69, 9.17) is 16.7 Å². The third-order valence-corrected chi connectivity index (χ3v) is 4.67. The van der Waals surface area contributed by atoms with Gasteiger partial charge in [-0.3, -0.25) is 9.59 Å². The maximum Gasteiger partial charge on any atom is 0.308 e. The molecular formula is C13H16ClNO3S. The third-order valence-electron chi connectivity index (χ3n) is 3.33. The fourth-order valence-corrected chi connectivity index (χ4v) is 3.36. The second kappa shape index (κ2) is 6.39. The number of amides is 1. The van der Waals surface area contributed by atoms with Crippen LogP contribution in [-0.4, -0.2) is 35.0 Å². The van der Waals surface area contributed by atoms with Gasteiger partial charge in [0.1, 0.15) is 0 Å². The van der Waals surface area contributed by atoms with Crippen LogP contribution in [-0.2, 0) is 16.0 Å². The SMILES string of the molecule is O=C(O)[C@H]1CCCN(C(=O)CCc2cc(Cl)cs2)C1. The molecule has 0 radical (unpaired) electrons. The maximum absolute atomic E-state index is 12.1. The van der Waals surface area contributed by atoms with Crippen molar-refractivity contribution in [1.82, 2.24) is 4.90 Å². The molecule has 1 aliphatic heterocycles. The average Bonchev–Trinajstić information content (AvgIpc) is 2.82. The number of halogens is 1. The molecule has 0 spiro atoms. The Morgan fingerprint density at radius 1 is 1.53 bits per heavy atom. The summed E-state index contributed by atoms with van der Waals surface area (Å²) in [5.74, 6) is -1.17. The molecule has 0 bridgehead atoms. The van der Waals surface area contributed by atoms with Gasteiger partial charge in [-0.25, -0.2) is 0 Å². The number of rotatable bonds is 4. The van der Waals surface area contributed by atoms with Crippen molar-refractivity contribution in [2.24, 2.45) is 5.92 Å². The molecule has 2 rings (SSSR count). The minimum Gasteiger partial charge on any atom is -0.481 e. The quantitative estimate of drug-likeness (QED) is 0.930. The molecule has 0 unspecified atom stereocenters. The fraction of sp³-hybridized carbons (Fsp3) is 0.538. The van der Waals surface area contributed by atoms with Crippen LogP contribution >= 0.6 is 22.9 Å². The Labute approximate surface area is 121 Å². The molecule has 1 aromatic rings. The number of hydrogen-bond acceptors (Lipinski definition) is 3. The van der Waals surface area contributed by atoms with E-state index in [1.807, 2.05) is 11.4 Å². The molecule has 0 aliphatic carbocycles. The summed E-state index contributed by atoms with van der Waals surface area (Å²) in [6.45, 7) is 1.02. The molecule has 1 N–H and O–H groups in total. The summed E-state index contributed by atoms with van der Waals surface area (Å²) < 4.78 is 0. The number of carbonyl (C=O) groups excluding carboxylic acids is 1. The lowest BCUT2D eigenvalue weighted by Crippen LogP contribution is -2.42. The highest BCUT2D eigenvalue weighted by Gasteiger charge is 2.27. The molecule has 6 heteroatoms. The Hall–Kier alpha value is -1.07. The van der Waals surface area contributed by atoms with E-state index in [1.165, 1.54) is 0 Å². The molecule has 0 saturated carbocycles. The van der Waals surface area contributed by atoms with E-state index in [0.717, 1.165) is 11.3 Å². The van der Waals surface area contributed by atoms with Gasteiger partial charge in [0.25, 0.3) is 0 Å². The number of carboxylic acids is 1. The first-order valence-electron chi connectivity index (χ1n) is 6.30. The normalized spacial score (nSPS) is 19.4. The summed E-state index contributed by atoms with van der Waals surface area (Å²) in [6.07, 6.45) is 2.53. The molecule has 4 nitrogen and oxygen atoms in total. The van der Waals surface area contributed by atoms with E-state index < -0.39 is 11.9 Å². The summed E-state index contributed by atoms with van der Waals surface area (Å²) in [5, 5.41) is 11.6. The van der Waals surface area contributed by atoms with E-state index in [9.17, 15) is 9.59 Å². The van der Waals surface area contributed by atoms with Gasteiger partial charge in [0.05, 0.1) is 10.9 Å². The predicted octanol–water partition coefficient (Wildman–Crippen LogP) is 2.66. The lowest BCUT2D eigenvalue weighted by atomic mass is 9.98. The van der Waals surface area contributed by atoms with Gasteiger partial charge in [-0.2, -0.15) is 0 Å². The maximum atomic E-state index is 12.1. The Balaban J connectivity index is 1.84. The van der Waals surface area contributed by atoms with Crippen LogP contribution in [0.3, 0.4) is 0 Å². The van der Waals surface area contributed by atoms with Crippen molar-refractivity contribution >= 4 is 34.8 Å². The number of carboxylic acid groups (broad SMARTS) is 1. The van der Waals surface area contributed by atoms with E-state index in [-0.39, 0.29) is 5.91 Å². The number of carbonyl (C=O) groups is 2. The van der Waals surface area contributed by atoms with Gasteiger partial charge in [0, 0.05) is 29.8 Å². The number of piperidine rings is 1. The highest BCUT2D eigenvalue weighted by Crippen LogP contribution is 2.22. The van der Waals surface area contributed by atoms with Crippen LogP contribution in [0.25, 0.3) is 0 Å². The monoisotopic (exact) mass is 301 g/mol. The van der Waals surface area contributed by atoms with Gasteiger partial charge in [0.2, 0.25) is 5.91 Å². The highest BCUT2D eigenvalue weighted by molar-refractivity contribution is 7.10. The highest BCUT2D eigenvalue weighted by atomic mass is 35.5. The van der Waals surface area contributed by atoms with Gasteiger partial charge in [-0.1, -0.05) is 11.6 Å². The zero-order valence-corrected chi connectivity index (χ0v) is 12.0. The van der Waals surface area contributed by atoms with Gasteiger partial charge >= 0.3 is 5.97 Å². The van der Waals surface area contributed by atoms with E-state index in [0.29, 0.717) is 37.4 Å². The van der Waals surface area contributed by atoms with Gasteiger partial charge in [-0.05, 0) is 25.3 Å². The topological polar surface area (TPSA) is 57.6 Å². The summed E-state index contributed by atoms with van der Waals surface area (Å²) in [5.41, 5.74) is 0. The van der Waals surface area contributed by atoms with Crippen LogP contribution < -0.4 is 0 Å². The van der Waals surface area contributed by atoms with E-state index in [2.05, 4.69) is 0 Å². The van der Waals surface area contributed by atoms with Crippen LogP contribution in [0.4, 0.5) is 0 Å². The molecule has 1 saturated heterocycles.